The predicted octanol–water partition coefficient (Wildman–Crippen LogP) is 3.79. The summed E-state index contributed by atoms with van der Waals surface area (Å²) in [6, 6.07) is 6.42. The lowest BCUT2D eigenvalue weighted by molar-refractivity contribution is -0.147. The maximum atomic E-state index is 12.9. The van der Waals surface area contributed by atoms with Gasteiger partial charge in [0, 0.05) is 22.9 Å². The average Bonchev–Trinajstić information content (AvgIpc) is 2.75. The molecule has 2 nitrogen and oxygen atoms in total. The molecule has 0 amide bonds. The summed E-state index contributed by atoms with van der Waals surface area (Å²) in [5, 5.41) is 0. The van der Waals surface area contributed by atoms with E-state index in [0.29, 0.717) is 11.7 Å². The molecule has 1 fully saturated rings. The number of fused-ring (bicyclic) bond motifs is 1. The average molecular weight is 337 g/mol. The molecule has 2 unspecified atom stereocenters. The molecule has 1 saturated carbocycles. The molecule has 2 aliphatic carbocycles. The van der Waals surface area contributed by atoms with E-state index in [9.17, 15) is 4.79 Å². The van der Waals surface area contributed by atoms with Gasteiger partial charge in [0.15, 0.2) is 0 Å². The summed E-state index contributed by atoms with van der Waals surface area (Å²) in [5.74, 6) is 0.835. The van der Waals surface area contributed by atoms with Crippen LogP contribution in [0.5, 0.6) is 0 Å². The predicted molar refractivity (Wildman–Crippen MR) is 82.7 cm³/mol. The van der Waals surface area contributed by atoms with E-state index in [2.05, 4.69) is 41.1 Å². The van der Waals surface area contributed by atoms with E-state index in [-0.39, 0.29) is 17.4 Å². The number of methoxy groups -OCH3 is 1. The van der Waals surface area contributed by atoms with Crippen LogP contribution in [0.1, 0.15) is 31.4 Å². The number of carbonyl (C=O) groups is 1. The Bertz CT molecular complexity index is 554. The number of rotatable bonds is 1. The third-order valence-corrected chi connectivity index (χ3v) is 5.69. The quantitative estimate of drug-likeness (QED) is 0.779. The fraction of sp³-hybridized carbons (Fsp3) is 0.588. The van der Waals surface area contributed by atoms with Crippen molar-refractivity contribution in [3.05, 3.63) is 33.8 Å². The number of hydrogen-bond acceptors (Lipinski definition) is 2. The maximum Gasteiger partial charge on any atom is 0.145 e. The van der Waals surface area contributed by atoms with Crippen LogP contribution >= 0.6 is 15.9 Å². The van der Waals surface area contributed by atoms with Crippen LogP contribution in [-0.4, -0.2) is 19.0 Å². The number of hydrogen-bond donors (Lipinski definition) is 0. The number of halogens is 1. The molecule has 0 bridgehead atoms. The molecule has 2 aliphatic rings. The van der Waals surface area contributed by atoms with Gasteiger partial charge in [0.1, 0.15) is 5.78 Å². The van der Waals surface area contributed by atoms with Crippen LogP contribution in [0.25, 0.3) is 0 Å². The van der Waals surface area contributed by atoms with Gasteiger partial charge < -0.3 is 4.74 Å². The summed E-state index contributed by atoms with van der Waals surface area (Å²) in [6.07, 6.45) is 2.82. The Morgan fingerprint density at radius 1 is 1.25 bits per heavy atom. The zero-order chi connectivity index (χ0) is 14.5. The second kappa shape index (κ2) is 4.96. The summed E-state index contributed by atoms with van der Waals surface area (Å²) >= 11 is 3.53. The zero-order valence-electron chi connectivity index (χ0n) is 12.3. The minimum absolute atomic E-state index is 0.00139. The van der Waals surface area contributed by atoms with Crippen molar-refractivity contribution < 1.29 is 9.53 Å². The Balaban J connectivity index is 1.94. The highest BCUT2D eigenvalue weighted by atomic mass is 79.9. The van der Waals surface area contributed by atoms with E-state index in [1.54, 1.807) is 7.11 Å². The van der Waals surface area contributed by atoms with Gasteiger partial charge in [-0.1, -0.05) is 35.8 Å². The number of benzene rings is 1. The van der Waals surface area contributed by atoms with Crippen molar-refractivity contribution >= 4 is 21.7 Å². The van der Waals surface area contributed by atoms with Gasteiger partial charge in [-0.3, -0.25) is 4.79 Å². The lowest BCUT2D eigenvalue weighted by Crippen LogP contribution is -2.50. The summed E-state index contributed by atoms with van der Waals surface area (Å²) < 4.78 is 6.66. The molecule has 0 N–H and O–H groups in total. The first kappa shape index (κ1) is 14.3. The number of Topliss-reactive ketones (excluding diaryl/α,β-unsaturated/α-hetero) is 1. The third kappa shape index (κ3) is 2.06. The van der Waals surface area contributed by atoms with Crippen LogP contribution in [-0.2, 0) is 22.4 Å². The van der Waals surface area contributed by atoms with Crippen molar-refractivity contribution in [3.8, 4) is 0 Å². The van der Waals surface area contributed by atoms with Crippen molar-refractivity contribution in [2.75, 3.05) is 7.11 Å². The molecule has 0 saturated heterocycles. The molecule has 108 valence electrons. The van der Waals surface area contributed by atoms with Gasteiger partial charge in [-0.2, -0.15) is 0 Å². The monoisotopic (exact) mass is 336 g/mol. The Labute approximate surface area is 129 Å². The first-order valence-electron chi connectivity index (χ1n) is 7.31. The van der Waals surface area contributed by atoms with E-state index < -0.39 is 0 Å². The fourth-order valence-electron chi connectivity index (χ4n) is 4.44. The molecular weight excluding hydrogens is 316 g/mol. The first-order chi connectivity index (χ1) is 9.47. The largest absolute Gasteiger partial charge is 0.380 e. The van der Waals surface area contributed by atoms with Gasteiger partial charge in [0.05, 0.1) is 6.10 Å². The maximum absolute atomic E-state index is 12.9. The van der Waals surface area contributed by atoms with Crippen molar-refractivity contribution in [3.63, 3.8) is 0 Å². The highest BCUT2D eigenvalue weighted by Gasteiger charge is 2.52. The molecule has 4 atom stereocenters. The van der Waals surface area contributed by atoms with Gasteiger partial charge in [-0.15, -0.1) is 0 Å². The molecule has 0 heterocycles. The summed E-state index contributed by atoms with van der Waals surface area (Å²) in [7, 11) is 1.73. The van der Waals surface area contributed by atoms with Crippen molar-refractivity contribution in [2.24, 2.45) is 17.3 Å². The second-order valence-corrected chi connectivity index (χ2v) is 7.50. The van der Waals surface area contributed by atoms with Gasteiger partial charge in [-0.05, 0) is 48.4 Å². The first-order valence-corrected chi connectivity index (χ1v) is 8.10. The number of carbonyl (C=O) groups excluding carboxylic acids is 1. The SMILES string of the molecule is COC1[C@H](C)CC2(Cc3ccc(Br)cc3C2)C(=O)[C@H]1C. The molecule has 3 heteroatoms. The Morgan fingerprint density at radius 3 is 2.65 bits per heavy atom. The molecule has 1 aromatic rings. The third-order valence-electron chi connectivity index (χ3n) is 5.20. The van der Waals surface area contributed by atoms with Crippen LogP contribution in [0.15, 0.2) is 22.7 Å². The Kier molecular flexibility index (Phi) is 3.54. The molecule has 0 aliphatic heterocycles. The van der Waals surface area contributed by atoms with Crippen LogP contribution in [0.3, 0.4) is 0 Å². The molecule has 0 aromatic heterocycles. The van der Waals surface area contributed by atoms with Gasteiger partial charge >= 0.3 is 0 Å². The number of ketones is 1. The van der Waals surface area contributed by atoms with E-state index in [1.807, 2.05) is 6.92 Å². The summed E-state index contributed by atoms with van der Waals surface area (Å²) in [6.45, 7) is 4.25. The fourth-order valence-corrected chi connectivity index (χ4v) is 4.84. The van der Waals surface area contributed by atoms with Crippen LogP contribution in [0.4, 0.5) is 0 Å². The summed E-state index contributed by atoms with van der Waals surface area (Å²) in [5.41, 5.74) is 2.50. The molecular formula is C17H21BrO2. The molecule has 1 spiro atoms. The standard InChI is InChI=1S/C17H21BrO2/c1-10-7-17(16(19)11(2)15(10)20-3)8-12-4-5-14(18)6-13(12)9-17/h4-6,10-11,15H,7-9H2,1-3H3/t10-,11+,15?,17?/m1/s1. The smallest absolute Gasteiger partial charge is 0.145 e. The topological polar surface area (TPSA) is 26.3 Å². The highest BCUT2D eigenvalue weighted by molar-refractivity contribution is 9.10. The number of ether oxygens (including phenoxy) is 1. The minimum atomic E-state index is -0.184. The van der Waals surface area contributed by atoms with E-state index in [1.165, 1.54) is 11.1 Å². The van der Waals surface area contributed by atoms with E-state index in [0.717, 1.165) is 23.7 Å². The van der Waals surface area contributed by atoms with Crippen LogP contribution < -0.4 is 0 Å². The minimum Gasteiger partial charge on any atom is -0.380 e. The Morgan fingerprint density at radius 2 is 1.95 bits per heavy atom. The molecule has 3 rings (SSSR count). The van der Waals surface area contributed by atoms with Gasteiger partial charge in [0.25, 0.3) is 0 Å². The van der Waals surface area contributed by atoms with Crippen molar-refractivity contribution in [1.82, 2.24) is 0 Å². The van der Waals surface area contributed by atoms with E-state index >= 15 is 0 Å². The van der Waals surface area contributed by atoms with Crippen molar-refractivity contribution in [1.29, 1.82) is 0 Å². The molecule has 0 radical (unpaired) electrons. The highest BCUT2D eigenvalue weighted by Crippen LogP contribution is 2.49. The van der Waals surface area contributed by atoms with Gasteiger partial charge in [-0.25, -0.2) is 0 Å². The zero-order valence-corrected chi connectivity index (χ0v) is 13.9. The molecule has 20 heavy (non-hydrogen) atoms. The lowest BCUT2D eigenvalue weighted by atomic mass is 9.62. The van der Waals surface area contributed by atoms with Crippen molar-refractivity contribution in [2.45, 2.75) is 39.2 Å². The molecule has 1 aromatic carbocycles. The van der Waals surface area contributed by atoms with Crippen LogP contribution in [0.2, 0.25) is 0 Å². The Hall–Kier alpha value is -0.670. The second-order valence-electron chi connectivity index (χ2n) is 6.58. The van der Waals surface area contributed by atoms with Gasteiger partial charge in [0.2, 0.25) is 0 Å². The summed E-state index contributed by atoms with van der Waals surface area (Å²) in [4.78, 5) is 12.9. The lowest BCUT2D eigenvalue weighted by Gasteiger charge is -2.43. The van der Waals surface area contributed by atoms with E-state index in [4.69, 9.17) is 4.74 Å². The van der Waals surface area contributed by atoms with Crippen LogP contribution in [0, 0.1) is 17.3 Å². The normalized spacial score (nSPS) is 36.4.